The number of benzene rings is 1. The first-order valence-electron chi connectivity index (χ1n) is 6.71. The second kappa shape index (κ2) is 8.44. The molecule has 20 heavy (non-hydrogen) atoms. The van der Waals surface area contributed by atoms with Gasteiger partial charge in [-0.1, -0.05) is 50.3 Å². The first kappa shape index (κ1) is 16.3. The van der Waals surface area contributed by atoms with Gasteiger partial charge in [0.1, 0.15) is 0 Å². The van der Waals surface area contributed by atoms with Gasteiger partial charge in [0.15, 0.2) is 0 Å². The maximum absolute atomic E-state index is 12.1. The third kappa shape index (κ3) is 4.43. The molecule has 0 heterocycles. The van der Waals surface area contributed by atoms with Crippen LogP contribution in [-0.4, -0.2) is 17.7 Å². The van der Waals surface area contributed by atoms with Crippen molar-refractivity contribution in [3.63, 3.8) is 0 Å². The van der Waals surface area contributed by atoms with Gasteiger partial charge >= 0.3 is 0 Å². The zero-order valence-electron chi connectivity index (χ0n) is 11.7. The molecule has 0 radical (unpaired) electrons. The van der Waals surface area contributed by atoms with Crippen molar-refractivity contribution in [1.29, 1.82) is 5.26 Å². The van der Waals surface area contributed by atoms with Crippen LogP contribution in [0.4, 0.5) is 0 Å². The number of nitriles is 1. The van der Waals surface area contributed by atoms with Gasteiger partial charge in [0.2, 0.25) is 5.91 Å². The molecule has 0 bridgehead atoms. The number of allylic oxidation sites excluding steroid dienone is 1. The van der Waals surface area contributed by atoms with Crippen LogP contribution < -0.4 is 5.32 Å². The van der Waals surface area contributed by atoms with Crippen molar-refractivity contribution in [2.45, 2.75) is 30.9 Å². The van der Waals surface area contributed by atoms with E-state index in [4.69, 9.17) is 5.26 Å². The average Bonchev–Trinajstić information content (AvgIpc) is 2.48. The van der Waals surface area contributed by atoms with E-state index in [1.54, 1.807) is 0 Å². The van der Waals surface area contributed by atoms with Gasteiger partial charge in [-0.3, -0.25) is 4.79 Å². The minimum absolute atomic E-state index is 0.160. The summed E-state index contributed by atoms with van der Waals surface area (Å²) in [7, 11) is 0. The molecule has 0 unspecified atom stereocenters. The number of unbranched alkanes of at least 4 members (excludes halogenated alkanes) is 1. The van der Waals surface area contributed by atoms with Gasteiger partial charge in [-0.2, -0.15) is 17.9 Å². The van der Waals surface area contributed by atoms with Crippen molar-refractivity contribution in [1.82, 2.24) is 5.32 Å². The van der Waals surface area contributed by atoms with Gasteiger partial charge < -0.3 is 5.32 Å². The Kier molecular flexibility index (Phi) is 6.89. The molecule has 4 heteroatoms. The molecule has 106 valence electrons. The molecule has 0 aromatic heterocycles. The van der Waals surface area contributed by atoms with Crippen LogP contribution in [0.1, 0.15) is 31.2 Å². The molecule has 2 atom stereocenters. The van der Waals surface area contributed by atoms with Crippen molar-refractivity contribution in [3.8, 4) is 6.07 Å². The largest absolute Gasteiger partial charge is 0.355 e. The van der Waals surface area contributed by atoms with Crippen molar-refractivity contribution >= 4 is 18.5 Å². The van der Waals surface area contributed by atoms with Crippen LogP contribution in [-0.2, 0) is 4.79 Å². The highest BCUT2D eigenvalue weighted by atomic mass is 32.1. The van der Waals surface area contributed by atoms with Crippen molar-refractivity contribution in [2.24, 2.45) is 0 Å². The van der Waals surface area contributed by atoms with E-state index in [0.717, 1.165) is 18.4 Å². The Balaban J connectivity index is 2.87. The van der Waals surface area contributed by atoms with E-state index in [-0.39, 0.29) is 5.91 Å². The minimum Gasteiger partial charge on any atom is -0.355 e. The van der Waals surface area contributed by atoms with Crippen molar-refractivity contribution in [2.75, 3.05) is 6.54 Å². The van der Waals surface area contributed by atoms with Gasteiger partial charge in [0.05, 0.1) is 11.3 Å². The predicted octanol–water partition coefficient (Wildman–Crippen LogP) is 3.06. The summed E-state index contributed by atoms with van der Waals surface area (Å²) in [5.41, 5.74) is 1.23. The summed E-state index contributed by atoms with van der Waals surface area (Å²) in [5, 5.41) is 11.3. The Morgan fingerprint density at radius 3 is 2.65 bits per heavy atom. The molecule has 1 amide bonds. The molecular weight excluding hydrogens is 268 g/mol. The summed E-state index contributed by atoms with van der Waals surface area (Å²) in [5.74, 6) is -0.557. The van der Waals surface area contributed by atoms with Crippen LogP contribution in [0.25, 0.3) is 0 Å². The van der Waals surface area contributed by atoms with E-state index in [1.807, 2.05) is 36.4 Å². The molecule has 3 nitrogen and oxygen atoms in total. The van der Waals surface area contributed by atoms with Crippen LogP contribution in [0.2, 0.25) is 0 Å². The predicted molar refractivity (Wildman–Crippen MR) is 84.6 cm³/mol. The fourth-order valence-electron chi connectivity index (χ4n) is 1.95. The summed E-state index contributed by atoms with van der Waals surface area (Å²) in [6.45, 7) is 6.46. The standard InChI is InChI=1S/C16H20N2OS/c1-3-4-10-18-16(19)15(20)14(12(2)11-17)13-8-6-5-7-9-13/h5-9,14-15,20H,2-4,10H2,1H3,(H,18,19)/t14-,15-/m1/s1. The van der Waals surface area contributed by atoms with Gasteiger partial charge in [0, 0.05) is 18.0 Å². The number of amides is 1. The first-order chi connectivity index (χ1) is 9.61. The van der Waals surface area contributed by atoms with E-state index in [9.17, 15) is 4.79 Å². The second-order valence-corrected chi connectivity index (χ2v) is 5.17. The third-order valence-electron chi connectivity index (χ3n) is 3.09. The summed E-state index contributed by atoms with van der Waals surface area (Å²) >= 11 is 4.40. The monoisotopic (exact) mass is 288 g/mol. The van der Waals surface area contributed by atoms with Gasteiger partial charge in [-0.25, -0.2) is 0 Å². The molecule has 1 aromatic rings. The lowest BCUT2D eigenvalue weighted by atomic mass is 9.89. The van der Waals surface area contributed by atoms with E-state index in [1.165, 1.54) is 0 Å². The second-order valence-electron chi connectivity index (χ2n) is 4.61. The lowest BCUT2D eigenvalue weighted by Gasteiger charge is -2.22. The van der Waals surface area contributed by atoms with Crippen LogP contribution >= 0.6 is 12.6 Å². The smallest absolute Gasteiger partial charge is 0.233 e. The third-order valence-corrected chi connectivity index (χ3v) is 3.62. The Hall–Kier alpha value is -1.73. The number of carbonyl (C=O) groups excluding carboxylic acids is 1. The quantitative estimate of drug-likeness (QED) is 0.460. The number of nitrogens with zero attached hydrogens (tertiary/aromatic N) is 1. The zero-order chi connectivity index (χ0) is 15.0. The number of thiol groups is 1. The highest BCUT2D eigenvalue weighted by Crippen LogP contribution is 2.29. The molecule has 0 fully saturated rings. The lowest BCUT2D eigenvalue weighted by molar-refractivity contribution is -0.120. The summed E-state index contributed by atoms with van der Waals surface area (Å²) < 4.78 is 0. The van der Waals surface area contributed by atoms with Gasteiger partial charge in [-0.15, -0.1) is 0 Å². The highest BCUT2D eigenvalue weighted by Gasteiger charge is 2.28. The maximum Gasteiger partial charge on any atom is 0.233 e. The van der Waals surface area contributed by atoms with E-state index >= 15 is 0 Å². The van der Waals surface area contributed by atoms with Crippen LogP contribution in [0.3, 0.4) is 0 Å². The number of hydrogen-bond donors (Lipinski definition) is 2. The maximum atomic E-state index is 12.1. The van der Waals surface area contributed by atoms with E-state index in [0.29, 0.717) is 12.1 Å². The van der Waals surface area contributed by atoms with Crippen molar-refractivity contribution < 1.29 is 4.79 Å². The molecule has 0 saturated carbocycles. The lowest BCUT2D eigenvalue weighted by Crippen LogP contribution is -2.36. The topological polar surface area (TPSA) is 52.9 Å². The Labute approximate surface area is 126 Å². The number of nitrogens with one attached hydrogen (secondary N) is 1. The highest BCUT2D eigenvalue weighted by molar-refractivity contribution is 7.81. The molecule has 1 N–H and O–H groups in total. The molecule has 0 aliphatic carbocycles. The Morgan fingerprint density at radius 2 is 2.10 bits per heavy atom. The molecule has 0 aliphatic rings. The number of hydrogen-bond acceptors (Lipinski definition) is 3. The number of rotatable bonds is 7. The van der Waals surface area contributed by atoms with Gasteiger partial charge in [-0.05, 0) is 12.0 Å². The van der Waals surface area contributed by atoms with Gasteiger partial charge in [0.25, 0.3) is 0 Å². The normalized spacial score (nSPS) is 13.1. The van der Waals surface area contributed by atoms with Crippen LogP contribution in [0, 0.1) is 11.3 Å². The van der Waals surface area contributed by atoms with Crippen LogP contribution in [0.15, 0.2) is 42.5 Å². The molecule has 0 spiro atoms. The first-order valence-corrected chi connectivity index (χ1v) is 7.23. The average molecular weight is 288 g/mol. The SMILES string of the molecule is C=C(C#N)[C@H](c1ccccc1)[C@@H](S)C(=O)NCCCC. The molecule has 0 saturated heterocycles. The Bertz CT molecular complexity index is 493. The summed E-state index contributed by atoms with van der Waals surface area (Å²) in [6.07, 6.45) is 1.95. The summed E-state index contributed by atoms with van der Waals surface area (Å²) in [6, 6.07) is 11.5. The van der Waals surface area contributed by atoms with Crippen LogP contribution in [0.5, 0.6) is 0 Å². The molecule has 1 aromatic carbocycles. The summed E-state index contributed by atoms with van der Waals surface area (Å²) in [4.78, 5) is 12.1. The molecule has 1 rings (SSSR count). The fraction of sp³-hybridized carbons (Fsp3) is 0.375. The van der Waals surface area contributed by atoms with E-state index in [2.05, 4.69) is 31.4 Å². The molecule has 0 aliphatic heterocycles. The zero-order valence-corrected chi connectivity index (χ0v) is 12.6. The van der Waals surface area contributed by atoms with Crippen molar-refractivity contribution in [3.05, 3.63) is 48.0 Å². The Morgan fingerprint density at radius 1 is 1.45 bits per heavy atom. The minimum atomic E-state index is -0.610. The van der Waals surface area contributed by atoms with E-state index < -0.39 is 11.2 Å². The molecular formula is C16H20N2OS. The number of carbonyl (C=O) groups is 1. The fourth-order valence-corrected chi connectivity index (χ4v) is 2.39.